The van der Waals surface area contributed by atoms with Crippen LogP contribution < -0.4 is 5.32 Å². The predicted octanol–water partition coefficient (Wildman–Crippen LogP) is 1.18. The van der Waals surface area contributed by atoms with E-state index in [1.165, 1.54) is 0 Å². The van der Waals surface area contributed by atoms with Gasteiger partial charge in [-0.3, -0.25) is 4.79 Å². The van der Waals surface area contributed by atoms with Gasteiger partial charge in [0, 0.05) is 25.0 Å². The van der Waals surface area contributed by atoms with Crippen molar-refractivity contribution in [1.29, 1.82) is 0 Å². The summed E-state index contributed by atoms with van der Waals surface area (Å²) in [5.74, 6) is 0.0484. The lowest BCUT2D eigenvalue weighted by Gasteiger charge is -2.27. The van der Waals surface area contributed by atoms with E-state index in [1.807, 2.05) is 43.3 Å². The Hall–Kier alpha value is -2.45. The Morgan fingerprint density at radius 2 is 2.04 bits per heavy atom. The van der Waals surface area contributed by atoms with E-state index in [9.17, 15) is 13.2 Å². The highest BCUT2D eigenvalue weighted by atomic mass is 32.2. The maximum absolute atomic E-state index is 12.6. The summed E-state index contributed by atoms with van der Waals surface area (Å²) in [6, 6.07) is 7.65. The SMILES string of the molecule is CN(C)Cc1ccccc1NC(=O)C1=CN2CCS(=O)(=O)N=C2C=C1. The molecule has 1 aromatic rings. The van der Waals surface area contributed by atoms with Crippen molar-refractivity contribution in [2.75, 3.05) is 31.7 Å². The Balaban J connectivity index is 1.78. The van der Waals surface area contributed by atoms with Crippen molar-refractivity contribution in [3.05, 3.63) is 53.8 Å². The number of rotatable bonds is 4. The van der Waals surface area contributed by atoms with E-state index in [2.05, 4.69) is 9.71 Å². The molecule has 25 heavy (non-hydrogen) atoms. The number of para-hydroxylation sites is 1. The fourth-order valence-electron chi connectivity index (χ4n) is 2.65. The first-order valence-electron chi connectivity index (χ1n) is 7.87. The fourth-order valence-corrected chi connectivity index (χ4v) is 3.62. The molecule has 0 aromatic heterocycles. The zero-order chi connectivity index (χ0) is 18.0. The highest BCUT2D eigenvalue weighted by Gasteiger charge is 2.25. The molecule has 0 atom stereocenters. The Morgan fingerprint density at radius 3 is 2.80 bits per heavy atom. The van der Waals surface area contributed by atoms with E-state index < -0.39 is 10.0 Å². The first kappa shape index (κ1) is 17.4. The lowest BCUT2D eigenvalue weighted by atomic mass is 10.1. The number of fused-ring (bicyclic) bond motifs is 1. The predicted molar refractivity (Wildman–Crippen MR) is 97.6 cm³/mol. The van der Waals surface area contributed by atoms with Gasteiger partial charge in [-0.05, 0) is 37.9 Å². The van der Waals surface area contributed by atoms with Crippen molar-refractivity contribution >= 4 is 27.5 Å². The highest BCUT2D eigenvalue weighted by molar-refractivity contribution is 7.90. The molecule has 1 N–H and O–H groups in total. The molecule has 0 radical (unpaired) electrons. The van der Waals surface area contributed by atoms with Gasteiger partial charge in [0.15, 0.2) is 0 Å². The van der Waals surface area contributed by atoms with Gasteiger partial charge in [-0.1, -0.05) is 18.2 Å². The summed E-state index contributed by atoms with van der Waals surface area (Å²) in [4.78, 5) is 16.3. The zero-order valence-electron chi connectivity index (χ0n) is 14.1. The summed E-state index contributed by atoms with van der Waals surface area (Å²) in [5, 5.41) is 2.93. The van der Waals surface area contributed by atoms with Crippen LogP contribution in [0.1, 0.15) is 5.56 Å². The summed E-state index contributed by atoms with van der Waals surface area (Å²) >= 11 is 0. The summed E-state index contributed by atoms with van der Waals surface area (Å²) < 4.78 is 26.8. The normalized spacial score (nSPS) is 18.4. The number of hydrogen-bond acceptors (Lipinski definition) is 5. The molecule has 7 nitrogen and oxygen atoms in total. The summed E-state index contributed by atoms with van der Waals surface area (Å²) in [6.45, 7) is 1.01. The molecule has 2 aliphatic rings. The van der Waals surface area contributed by atoms with Gasteiger partial charge in [0.2, 0.25) is 0 Å². The van der Waals surface area contributed by atoms with Crippen LogP contribution in [0.4, 0.5) is 5.69 Å². The molecule has 0 unspecified atom stereocenters. The molecule has 0 saturated carbocycles. The second-order valence-electron chi connectivity index (χ2n) is 6.20. The molecule has 1 aromatic carbocycles. The van der Waals surface area contributed by atoms with Crippen molar-refractivity contribution in [1.82, 2.24) is 9.80 Å². The van der Waals surface area contributed by atoms with Crippen LogP contribution >= 0.6 is 0 Å². The smallest absolute Gasteiger partial charge is 0.257 e. The minimum Gasteiger partial charge on any atom is -0.330 e. The fraction of sp³-hybridized carbons (Fsp3) is 0.294. The topological polar surface area (TPSA) is 82.1 Å². The van der Waals surface area contributed by atoms with Gasteiger partial charge in [-0.15, -0.1) is 4.40 Å². The van der Waals surface area contributed by atoms with Gasteiger partial charge in [0.1, 0.15) is 5.84 Å². The lowest BCUT2D eigenvalue weighted by molar-refractivity contribution is -0.112. The molecular weight excluding hydrogens is 340 g/mol. The minimum absolute atomic E-state index is 0.0542. The Kier molecular flexibility index (Phi) is 4.73. The number of nitrogens with one attached hydrogen (secondary N) is 1. The maximum atomic E-state index is 12.6. The van der Waals surface area contributed by atoms with E-state index in [-0.39, 0.29) is 11.7 Å². The molecule has 0 saturated heterocycles. The number of carbonyl (C=O) groups excluding carboxylic acids is 1. The van der Waals surface area contributed by atoms with Crippen molar-refractivity contribution in [3.8, 4) is 0 Å². The zero-order valence-corrected chi connectivity index (χ0v) is 15.0. The molecule has 2 heterocycles. The minimum atomic E-state index is -3.40. The number of hydrogen-bond donors (Lipinski definition) is 1. The molecule has 8 heteroatoms. The van der Waals surface area contributed by atoms with E-state index in [4.69, 9.17) is 0 Å². The maximum Gasteiger partial charge on any atom is 0.257 e. The molecule has 0 bridgehead atoms. The van der Waals surface area contributed by atoms with Crippen molar-refractivity contribution in [2.24, 2.45) is 4.40 Å². The first-order valence-corrected chi connectivity index (χ1v) is 9.48. The number of carbonyl (C=O) groups is 1. The Morgan fingerprint density at radius 1 is 1.28 bits per heavy atom. The third-order valence-electron chi connectivity index (χ3n) is 3.84. The summed E-state index contributed by atoms with van der Waals surface area (Å²) in [7, 11) is 0.541. The Bertz CT molecular complexity index is 885. The molecule has 2 aliphatic heterocycles. The second kappa shape index (κ2) is 6.81. The van der Waals surface area contributed by atoms with Gasteiger partial charge in [0.05, 0.1) is 11.3 Å². The molecule has 1 amide bonds. The summed E-state index contributed by atoms with van der Waals surface area (Å²) in [6.07, 6.45) is 4.77. The van der Waals surface area contributed by atoms with Gasteiger partial charge >= 0.3 is 0 Å². The molecule has 132 valence electrons. The Labute approximate surface area is 147 Å². The number of nitrogens with zero attached hydrogens (tertiary/aromatic N) is 3. The highest BCUT2D eigenvalue weighted by Crippen LogP contribution is 2.20. The van der Waals surface area contributed by atoms with Gasteiger partial charge in [-0.25, -0.2) is 8.42 Å². The van der Waals surface area contributed by atoms with Crippen LogP contribution in [0.3, 0.4) is 0 Å². The van der Waals surface area contributed by atoms with E-state index >= 15 is 0 Å². The third kappa shape index (κ3) is 4.15. The van der Waals surface area contributed by atoms with Crippen LogP contribution in [-0.4, -0.2) is 56.4 Å². The van der Waals surface area contributed by atoms with E-state index in [0.29, 0.717) is 24.5 Å². The third-order valence-corrected chi connectivity index (χ3v) is 5.00. The number of benzene rings is 1. The average molecular weight is 360 g/mol. The van der Waals surface area contributed by atoms with Crippen LogP contribution in [0.25, 0.3) is 0 Å². The van der Waals surface area contributed by atoms with E-state index in [1.54, 1.807) is 23.3 Å². The monoisotopic (exact) mass is 360 g/mol. The number of amidine groups is 1. The van der Waals surface area contributed by atoms with Crippen LogP contribution in [0.5, 0.6) is 0 Å². The average Bonchev–Trinajstić information content (AvgIpc) is 2.55. The molecule has 0 spiro atoms. The van der Waals surface area contributed by atoms with Crippen LogP contribution in [-0.2, 0) is 21.4 Å². The number of anilines is 1. The van der Waals surface area contributed by atoms with Gasteiger partial charge in [0.25, 0.3) is 15.9 Å². The van der Waals surface area contributed by atoms with Crippen LogP contribution in [0.2, 0.25) is 0 Å². The second-order valence-corrected chi connectivity index (χ2v) is 7.95. The van der Waals surface area contributed by atoms with E-state index in [0.717, 1.165) is 11.3 Å². The van der Waals surface area contributed by atoms with Crippen molar-refractivity contribution in [2.45, 2.75) is 6.54 Å². The first-order chi connectivity index (χ1) is 11.8. The molecule has 0 fully saturated rings. The number of amides is 1. The van der Waals surface area contributed by atoms with Gasteiger partial charge in [-0.2, -0.15) is 0 Å². The van der Waals surface area contributed by atoms with Crippen LogP contribution in [0, 0.1) is 0 Å². The largest absolute Gasteiger partial charge is 0.330 e. The summed E-state index contributed by atoms with van der Waals surface area (Å²) in [5.41, 5.74) is 2.24. The standard InChI is InChI=1S/C17H20N4O3S/c1-20(2)11-13-5-3-4-6-15(13)18-17(22)14-7-8-16-19-25(23,24)10-9-21(16)12-14/h3-8,12H,9-11H2,1-2H3,(H,18,22). The van der Waals surface area contributed by atoms with Crippen LogP contribution in [0.15, 0.2) is 52.6 Å². The quantitative estimate of drug-likeness (QED) is 0.872. The van der Waals surface area contributed by atoms with Crippen molar-refractivity contribution in [3.63, 3.8) is 0 Å². The van der Waals surface area contributed by atoms with Gasteiger partial charge < -0.3 is 15.1 Å². The number of sulfonamides is 1. The van der Waals surface area contributed by atoms with Crippen molar-refractivity contribution < 1.29 is 13.2 Å². The molecule has 3 rings (SSSR count). The molecular formula is C17H20N4O3S. The molecule has 0 aliphatic carbocycles. The lowest BCUT2D eigenvalue weighted by Crippen LogP contribution is -2.37.